The van der Waals surface area contributed by atoms with Gasteiger partial charge in [0.15, 0.2) is 0 Å². The van der Waals surface area contributed by atoms with Gasteiger partial charge in [0.05, 0.1) is 11.4 Å². The molecule has 0 atom stereocenters. The minimum atomic E-state index is 0.714. The molecule has 0 saturated carbocycles. The van der Waals surface area contributed by atoms with Crippen LogP contribution in [0.3, 0.4) is 0 Å². The second kappa shape index (κ2) is 5.87. The van der Waals surface area contributed by atoms with Gasteiger partial charge < -0.3 is 15.5 Å². The Morgan fingerprint density at radius 1 is 1.04 bits per heavy atom. The molecule has 2 aromatic carbocycles. The summed E-state index contributed by atoms with van der Waals surface area (Å²) in [6, 6.07) is 12.3. The first-order chi connectivity index (χ1) is 11.2. The van der Waals surface area contributed by atoms with Crippen LogP contribution in [0.1, 0.15) is 11.1 Å². The summed E-state index contributed by atoms with van der Waals surface area (Å²) in [4.78, 5) is 7.34. The van der Waals surface area contributed by atoms with Crippen LogP contribution in [0.5, 0.6) is 0 Å². The monoisotopic (exact) mass is 326 g/mol. The summed E-state index contributed by atoms with van der Waals surface area (Å²) >= 11 is 6.16. The molecule has 2 N–H and O–H groups in total. The Morgan fingerprint density at radius 2 is 1.87 bits per heavy atom. The number of benzene rings is 2. The number of hydrogen-bond acceptors (Lipinski definition) is 4. The molecule has 0 amide bonds. The number of hydrogen-bond donors (Lipinski definition) is 2. The van der Waals surface area contributed by atoms with Gasteiger partial charge in [0.1, 0.15) is 5.84 Å². The van der Waals surface area contributed by atoms with Gasteiger partial charge in [0.2, 0.25) is 0 Å². The molecule has 2 aliphatic rings. The minimum Gasteiger partial charge on any atom is -0.353 e. The van der Waals surface area contributed by atoms with Crippen molar-refractivity contribution >= 4 is 34.5 Å². The van der Waals surface area contributed by atoms with Crippen molar-refractivity contribution in [2.45, 2.75) is 6.92 Å². The molecule has 0 spiro atoms. The van der Waals surface area contributed by atoms with Crippen LogP contribution in [0.25, 0.3) is 0 Å². The number of fused-ring (bicyclic) bond motifs is 2. The number of amidine groups is 1. The number of anilines is 2. The quantitative estimate of drug-likeness (QED) is 0.775. The highest BCUT2D eigenvalue weighted by Gasteiger charge is 2.22. The Hall–Kier alpha value is -2.04. The van der Waals surface area contributed by atoms with Gasteiger partial charge in [-0.05, 0) is 37.3 Å². The van der Waals surface area contributed by atoms with Crippen molar-refractivity contribution in [3.8, 4) is 0 Å². The summed E-state index contributed by atoms with van der Waals surface area (Å²) in [6.07, 6.45) is 0. The molecule has 2 aliphatic heterocycles. The first-order valence-corrected chi connectivity index (χ1v) is 8.30. The first kappa shape index (κ1) is 14.5. The lowest BCUT2D eigenvalue weighted by molar-refractivity contribution is 0.358. The Bertz CT molecular complexity index is 779. The Kier molecular flexibility index (Phi) is 3.71. The van der Waals surface area contributed by atoms with Gasteiger partial charge in [-0.3, -0.25) is 0 Å². The number of piperazine rings is 1. The fourth-order valence-electron chi connectivity index (χ4n) is 3.10. The molecule has 23 heavy (non-hydrogen) atoms. The summed E-state index contributed by atoms with van der Waals surface area (Å²) in [5.41, 5.74) is 5.34. The van der Waals surface area contributed by atoms with Crippen molar-refractivity contribution in [3.63, 3.8) is 0 Å². The zero-order valence-electron chi connectivity index (χ0n) is 13.1. The van der Waals surface area contributed by atoms with E-state index in [-0.39, 0.29) is 0 Å². The minimum absolute atomic E-state index is 0.714. The molecule has 5 heteroatoms. The van der Waals surface area contributed by atoms with Crippen molar-refractivity contribution in [2.24, 2.45) is 4.99 Å². The van der Waals surface area contributed by atoms with E-state index in [2.05, 4.69) is 40.7 Å². The van der Waals surface area contributed by atoms with Gasteiger partial charge in [0.25, 0.3) is 0 Å². The molecule has 0 bridgehead atoms. The largest absolute Gasteiger partial charge is 0.353 e. The molecule has 4 rings (SSSR count). The Balaban J connectivity index is 1.89. The Labute approximate surface area is 141 Å². The molecular formula is C18H19ClN4. The van der Waals surface area contributed by atoms with Crippen molar-refractivity contribution in [3.05, 3.63) is 52.5 Å². The van der Waals surface area contributed by atoms with Crippen molar-refractivity contribution in [1.29, 1.82) is 0 Å². The fraction of sp³-hybridized carbons (Fsp3) is 0.278. The van der Waals surface area contributed by atoms with E-state index in [0.717, 1.165) is 54.6 Å². The van der Waals surface area contributed by atoms with Gasteiger partial charge in [0, 0.05) is 42.5 Å². The van der Waals surface area contributed by atoms with Crippen LogP contribution in [0.15, 0.2) is 41.4 Å². The van der Waals surface area contributed by atoms with E-state index in [0.29, 0.717) is 5.02 Å². The lowest BCUT2D eigenvalue weighted by Crippen LogP contribution is -2.46. The predicted molar refractivity (Wildman–Crippen MR) is 96.6 cm³/mol. The summed E-state index contributed by atoms with van der Waals surface area (Å²) < 4.78 is 0. The van der Waals surface area contributed by atoms with Crippen LogP contribution >= 0.6 is 11.6 Å². The fourth-order valence-corrected chi connectivity index (χ4v) is 3.27. The van der Waals surface area contributed by atoms with Gasteiger partial charge in [-0.15, -0.1) is 0 Å². The highest BCUT2D eigenvalue weighted by atomic mass is 35.5. The standard InChI is InChI=1S/C18H19ClN4/c1-12-2-4-15-14(10-12)18(23-8-6-20-7-9-23)22-16-5-3-13(19)11-17(16)21-15/h2-5,10-11,20-21H,6-9H2,1H3. The zero-order chi connectivity index (χ0) is 15.8. The molecule has 0 aromatic heterocycles. The van der Waals surface area contributed by atoms with E-state index in [1.807, 2.05) is 18.2 Å². The van der Waals surface area contributed by atoms with E-state index in [9.17, 15) is 0 Å². The van der Waals surface area contributed by atoms with E-state index < -0.39 is 0 Å². The summed E-state index contributed by atoms with van der Waals surface area (Å²) in [5, 5.41) is 7.61. The van der Waals surface area contributed by atoms with Crippen LogP contribution in [0.4, 0.5) is 17.1 Å². The van der Waals surface area contributed by atoms with E-state index in [4.69, 9.17) is 16.6 Å². The average Bonchev–Trinajstić information content (AvgIpc) is 2.72. The summed E-state index contributed by atoms with van der Waals surface area (Å²) in [6.45, 7) is 6.02. The summed E-state index contributed by atoms with van der Waals surface area (Å²) in [7, 11) is 0. The molecule has 1 saturated heterocycles. The van der Waals surface area contributed by atoms with Crippen LogP contribution in [-0.4, -0.2) is 36.9 Å². The third-order valence-corrected chi connectivity index (χ3v) is 4.52. The molecule has 2 heterocycles. The van der Waals surface area contributed by atoms with Gasteiger partial charge in [-0.25, -0.2) is 4.99 Å². The van der Waals surface area contributed by atoms with Crippen LogP contribution in [0, 0.1) is 6.92 Å². The molecule has 118 valence electrons. The molecule has 1 fully saturated rings. The maximum Gasteiger partial charge on any atom is 0.138 e. The molecule has 0 aliphatic carbocycles. The van der Waals surface area contributed by atoms with Gasteiger partial charge in [-0.2, -0.15) is 0 Å². The number of nitrogens with one attached hydrogen (secondary N) is 2. The highest BCUT2D eigenvalue weighted by molar-refractivity contribution is 6.31. The van der Waals surface area contributed by atoms with Crippen molar-refractivity contribution < 1.29 is 0 Å². The highest BCUT2D eigenvalue weighted by Crippen LogP contribution is 2.36. The number of rotatable bonds is 0. The smallest absolute Gasteiger partial charge is 0.138 e. The first-order valence-electron chi connectivity index (χ1n) is 7.93. The second-order valence-corrected chi connectivity index (χ2v) is 6.44. The number of halogens is 1. The maximum atomic E-state index is 6.16. The lowest BCUT2D eigenvalue weighted by Gasteiger charge is -2.30. The molecule has 0 unspecified atom stereocenters. The maximum absolute atomic E-state index is 6.16. The molecular weight excluding hydrogens is 308 g/mol. The van der Waals surface area contributed by atoms with Crippen molar-refractivity contribution in [1.82, 2.24) is 10.2 Å². The van der Waals surface area contributed by atoms with Crippen LogP contribution in [-0.2, 0) is 0 Å². The van der Waals surface area contributed by atoms with E-state index in [1.165, 1.54) is 5.56 Å². The van der Waals surface area contributed by atoms with Gasteiger partial charge >= 0.3 is 0 Å². The third-order valence-electron chi connectivity index (χ3n) is 4.29. The van der Waals surface area contributed by atoms with Crippen LogP contribution < -0.4 is 10.6 Å². The molecule has 0 radical (unpaired) electrons. The Morgan fingerprint density at radius 3 is 2.70 bits per heavy atom. The zero-order valence-corrected chi connectivity index (χ0v) is 13.8. The SMILES string of the molecule is Cc1ccc2c(c1)C(N1CCNCC1)=Nc1ccc(Cl)cc1N2. The summed E-state index contributed by atoms with van der Waals surface area (Å²) in [5.74, 6) is 1.04. The molecule has 4 nitrogen and oxygen atoms in total. The number of aryl methyl sites for hydroxylation is 1. The predicted octanol–water partition coefficient (Wildman–Crippen LogP) is 3.69. The van der Waals surface area contributed by atoms with E-state index >= 15 is 0 Å². The van der Waals surface area contributed by atoms with E-state index in [1.54, 1.807) is 0 Å². The lowest BCUT2D eigenvalue weighted by atomic mass is 10.1. The second-order valence-electron chi connectivity index (χ2n) is 6.01. The third kappa shape index (κ3) is 2.80. The van der Waals surface area contributed by atoms with Gasteiger partial charge in [-0.1, -0.05) is 23.2 Å². The molecule has 2 aromatic rings. The van der Waals surface area contributed by atoms with Crippen LogP contribution in [0.2, 0.25) is 5.02 Å². The van der Waals surface area contributed by atoms with Crippen molar-refractivity contribution in [2.75, 3.05) is 31.5 Å². The number of nitrogens with zero attached hydrogens (tertiary/aromatic N) is 2. The average molecular weight is 327 g/mol. The normalized spacial score (nSPS) is 16.8. The number of aliphatic imine (C=N–C) groups is 1. The topological polar surface area (TPSA) is 39.7 Å².